The van der Waals surface area contributed by atoms with E-state index >= 15 is 0 Å². The number of ether oxygens (including phenoxy) is 1. The molecule has 114 valence electrons. The average Bonchev–Trinajstić information content (AvgIpc) is 2.83. The van der Waals surface area contributed by atoms with Crippen molar-refractivity contribution < 1.29 is 24.2 Å². The molecule has 1 N–H and O–H groups in total. The van der Waals surface area contributed by atoms with Crippen LogP contribution in [0.3, 0.4) is 0 Å². The van der Waals surface area contributed by atoms with E-state index in [1.165, 1.54) is 11.8 Å². The molecule has 2 atom stereocenters. The fourth-order valence-corrected chi connectivity index (χ4v) is 3.02. The number of nitrogens with zero attached hydrogens (tertiary/aromatic N) is 1. The molecular formula is C13H21NO5S. The zero-order chi connectivity index (χ0) is 15.1. The third-order valence-corrected chi connectivity index (χ3v) is 4.26. The number of thioether (sulfide) groups is 1. The number of likely N-dealkylation sites (tertiary alicyclic amines) is 1. The zero-order valence-corrected chi connectivity index (χ0v) is 12.6. The lowest BCUT2D eigenvalue weighted by atomic mass is 9.95. The maximum atomic E-state index is 11.9. The van der Waals surface area contributed by atoms with Gasteiger partial charge in [0.25, 0.3) is 0 Å². The Morgan fingerprint density at radius 3 is 2.65 bits per heavy atom. The number of hydrogen-bond donors (Lipinski definition) is 1. The monoisotopic (exact) mass is 303 g/mol. The molecule has 0 bridgehead atoms. The van der Waals surface area contributed by atoms with E-state index in [1.54, 1.807) is 6.92 Å². The van der Waals surface area contributed by atoms with Crippen LogP contribution in [0.2, 0.25) is 0 Å². The van der Waals surface area contributed by atoms with Crippen molar-refractivity contribution in [3.63, 3.8) is 0 Å². The summed E-state index contributed by atoms with van der Waals surface area (Å²) in [5, 5.41) is 8.89. The van der Waals surface area contributed by atoms with Crippen LogP contribution in [-0.2, 0) is 14.3 Å². The van der Waals surface area contributed by atoms with Gasteiger partial charge in [0.15, 0.2) is 5.12 Å². The fraction of sp³-hybridized carbons (Fsp3) is 0.769. The summed E-state index contributed by atoms with van der Waals surface area (Å²) in [5.74, 6) is -0.0803. The van der Waals surface area contributed by atoms with E-state index in [0.717, 1.165) is 18.2 Å². The van der Waals surface area contributed by atoms with Gasteiger partial charge in [-0.2, -0.15) is 0 Å². The number of carbonyl (C=O) groups excluding carboxylic acids is 2. The summed E-state index contributed by atoms with van der Waals surface area (Å²) in [6.45, 7) is 4.49. The van der Waals surface area contributed by atoms with E-state index in [0.29, 0.717) is 31.9 Å². The van der Waals surface area contributed by atoms with Gasteiger partial charge < -0.3 is 14.7 Å². The van der Waals surface area contributed by atoms with Gasteiger partial charge in [0, 0.05) is 25.8 Å². The minimum Gasteiger partial charge on any atom is -0.466 e. The largest absolute Gasteiger partial charge is 0.466 e. The van der Waals surface area contributed by atoms with E-state index in [-0.39, 0.29) is 22.9 Å². The van der Waals surface area contributed by atoms with Gasteiger partial charge in [0.1, 0.15) is 0 Å². The first-order chi connectivity index (χ1) is 9.43. The van der Waals surface area contributed by atoms with Crippen molar-refractivity contribution in [3.05, 3.63) is 0 Å². The van der Waals surface area contributed by atoms with Gasteiger partial charge in [-0.15, -0.1) is 0 Å². The molecule has 0 spiro atoms. The molecule has 1 saturated heterocycles. The van der Waals surface area contributed by atoms with Crippen LogP contribution in [0.4, 0.5) is 4.79 Å². The van der Waals surface area contributed by atoms with Crippen molar-refractivity contribution in [2.75, 3.05) is 25.4 Å². The summed E-state index contributed by atoms with van der Waals surface area (Å²) in [7, 11) is 0. The van der Waals surface area contributed by atoms with Crippen molar-refractivity contribution in [2.24, 2.45) is 11.8 Å². The number of carbonyl (C=O) groups is 3. The Kier molecular flexibility index (Phi) is 6.84. The molecule has 1 rings (SSSR count). The summed E-state index contributed by atoms with van der Waals surface area (Å²) in [4.78, 5) is 35.2. The second-order valence-corrected chi connectivity index (χ2v) is 6.07. The second kappa shape index (κ2) is 8.14. The highest BCUT2D eigenvalue weighted by molar-refractivity contribution is 8.13. The Bertz CT molecular complexity index is 374. The lowest BCUT2D eigenvalue weighted by Gasteiger charge is -2.18. The number of amides is 1. The molecule has 0 saturated carbocycles. The molecule has 6 nitrogen and oxygen atoms in total. The van der Waals surface area contributed by atoms with Crippen molar-refractivity contribution >= 4 is 28.9 Å². The van der Waals surface area contributed by atoms with Gasteiger partial charge in [0.05, 0.1) is 12.5 Å². The molecular weight excluding hydrogens is 282 g/mol. The molecule has 1 amide bonds. The smallest absolute Gasteiger partial charge is 0.407 e. The van der Waals surface area contributed by atoms with Crippen molar-refractivity contribution in [1.29, 1.82) is 0 Å². The summed E-state index contributed by atoms with van der Waals surface area (Å²) in [6, 6.07) is 0. The van der Waals surface area contributed by atoms with Gasteiger partial charge in [0.2, 0.25) is 0 Å². The molecule has 0 aliphatic carbocycles. The quantitative estimate of drug-likeness (QED) is 0.754. The minimum atomic E-state index is -0.918. The SMILES string of the molecule is CCOC(=O)C(CSC(C)=O)CC1CCN(C(=O)O)C1. The molecule has 1 fully saturated rings. The summed E-state index contributed by atoms with van der Waals surface area (Å²) in [6.07, 6.45) is 0.411. The standard InChI is InChI=1S/C13H21NO5S/c1-3-19-12(16)11(8-20-9(2)15)6-10-4-5-14(7-10)13(17)18/h10-11H,3-8H2,1-2H3,(H,17,18). The molecule has 0 aromatic rings. The van der Waals surface area contributed by atoms with Crippen LogP contribution in [-0.4, -0.2) is 52.6 Å². The van der Waals surface area contributed by atoms with Crippen LogP contribution in [0, 0.1) is 11.8 Å². The van der Waals surface area contributed by atoms with Crippen LogP contribution < -0.4 is 0 Å². The maximum Gasteiger partial charge on any atom is 0.407 e. The Morgan fingerprint density at radius 1 is 1.45 bits per heavy atom. The van der Waals surface area contributed by atoms with Gasteiger partial charge in [-0.25, -0.2) is 4.79 Å². The van der Waals surface area contributed by atoms with Crippen LogP contribution in [0.5, 0.6) is 0 Å². The average molecular weight is 303 g/mol. The Morgan fingerprint density at radius 2 is 2.15 bits per heavy atom. The minimum absolute atomic E-state index is 0.0297. The highest BCUT2D eigenvalue weighted by Crippen LogP contribution is 2.26. The van der Waals surface area contributed by atoms with E-state index in [1.807, 2.05) is 0 Å². The Hall–Kier alpha value is -1.24. The van der Waals surface area contributed by atoms with E-state index in [9.17, 15) is 14.4 Å². The Labute approximate surface area is 122 Å². The highest BCUT2D eigenvalue weighted by atomic mass is 32.2. The number of rotatable bonds is 6. The van der Waals surface area contributed by atoms with Crippen LogP contribution in [0.1, 0.15) is 26.7 Å². The molecule has 1 aliphatic heterocycles. The lowest BCUT2D eigenvalue weighted by Crippen LogP contribution is -2.28. The third kappa shape index (κ3) is 5.40. The summed E-state index contributed by atoms with van der Waals surface area (Å²) in [5.41, 5.74) is 0. The predicted molar refractivity (Wildman–Crippen MR) is 75.6 cm³/mol. The number of hydrogen-bond acceptors (Lipinski definition) is 5. The van der Waals surface area contributed by atoms with Gasteiger partial charge in [-0.1, -0.05) is 11.8 Å². The molecule has 1 aliphatic rings. The van der Waals surface area contributed by atoms with Crippen molar-refractivity contribution in [2.45, 2.75) is 26.7 Å². The normalized spacial score (nSPS) is 19.7. The van der Waals surface area contributed by atoms with Gasteiger partial charge in [-0.3, -0.25) is 9.59 Å². The first kappa shape index (κ1) is 16.8. The number of carboxylic acid groups (broad SMARTS) is 1. The first-order valence-corrected chi connectivity index (χ1v) is 7.70. The molecule has 0 aromatic heterocycles. The number of esters is 1. The van der Waals surface area contributed by atoms with Crippen LogP contribution in [0.15, 0.2) is 0 Å². The molecule has 7 heteroatoms. The Balaban J connectivity index is 2.53. The highest BCUT2D eigenvalue weighted by Gasteiger charge is 2.31. The fourth-order valence-electron chi connectivity index (χ4n) is 2.31. The van der Waals surface area contributed by atoms with Crippen LogP contribution >= 0.6 is 11.8 Å². The molecule has 1 heterocycles. The first-order valence-electron chi connectivity index (χ1n) is 6.71. The maximum absolute atomic E-state index is 11.9. The molecule has 2 unspecified atom stereocenters. The summed E-state index contributed by atoms with van der Waals surface area (Å²) < 4.78 is 5.03. The zero-order valence-electron chi connectivity index (χ0n) is 11.8. The third-order valence-electron chi connectivity index (χ3n) is 3.28. The molecule has 0 aromatic carbocycles. The molecule has 20 heavy (non-hydrogen) atoms. The summed E-state index contributed by atoms with van der Waals surface area (Å²) >= 11 is 1.11. The lowest BCUT2D eigenvalue weighted by molar-refractivity contribution is -0.147. The molecule has 0 radical (unpaired) electrons. The van der Waals surface area contributed by atoms with Crippen molar-refractivity contribution in [1.82, 2.24) is 4.90 Å². The van der Waals surface area contributed by atoms with E-state index in [2.05, 4.69) is 0 Å². The van der Waals surface area contributed by atoms with Crippen molar-refractivity contribution in [3.8, 4) is 0 Å². The second-order valence-electron chi connectivity index (χ2n) is 4.87. The van der Waals surface area contributed by atoms with E-state index < -0.39 is 6.09 Å². The predicted octanol–water partition coefficient (Wildman–Crippen LogP) is 1.84. The van der Waals surface area contributed by atoms with E-state index in [4.69, 9.17) is 9.84 Å². The van der Waals surface area contributed by atoms with Gasteiger partial charge >= 0.3 is 12.1 Å². The van der Waals surface area contributed by atoms with Gasteiger partial charge in [-0.05, 0) is 25.7 Å². The topological polar surface area (TPSA) is 83.9 Å². The van der Waals surface area contributed by atoms with Crippen LogP contribution in [0.25, 0.3) is 0 Å².